The van der Waals surface area contributed by atoms with Crippen LogP contribution in [0.5, 0.6) is 0 Å². The number of rotatable bonds is 4. The Hall–Kier alpha value is -0.470. The van der Waals surface area contributed by atoms with E-state index in [0.29, 0.717) is 11.3 Å². The topological polar surface area (TPSA) is 12.0 Å². The van der Waals surface area contributed by atoms with Gasteiger partial charge in [-0.05, 0) is 31.0 Å². The fourth-order valence-electron chi connectivity index (χ4n) is 2.42. The van der Waals surface area contributed by atoms with Crippen LogP contribution in [-0.4, -0.2) is 17.5 Å². The van der Waals surface area contributed by atoms with E-state index in [0.717, 1.165) is 5.25 Å². The summed E-state index contributed by atoms with van der Waals surface area (Å²) in [6.07, 6.45) is 2.48. The van der Waals surface area contributed by atoms with Crippen LogP contribution in [0.25, 0.3) is 0 Å². The highest BCUT2D eigenvalue weighted by molar-refractivity contribution is 8.00. The van der Waals surface area contributed by atoms with Crippen molar-refractivity contribution in [3.05, 3.63) is 35.4 Å². The number of nitrogens with one attached hydrogen (secondary N) is 1. The average Bonchev–Trinajstić information content (AvgIpc) is 2.65. The van der Waals surface area contributed by atoms with Crippen molar-refractivity contribution >= 4 is 11.8 Å². The van der Waals surface area contributed by atoms with E-state index in [2.05, 4.69) is 62.2 Å². The minimum atomic E-state index is 0.537. The predicted octanol–water partition coefficient (Wildman–Crippen LogP) is 3.40. The molecule has 2 rings (SSSR count). The largest absolute Gasteiger partial charge is 0.312 e. The molecule has 1 aromatic rings. The molecule has 88 valence electrons. The summed E-state index contributed by atoms with van der Waals surface area (Å²) in [5.41, 5.74) is 3.04. The van der Waals surface area contributed by atoms with Crippen molar-refractivity contribution in [2.45, 2.75) is 43.2 Å². The molecule has 1 aliphatic carbocycles. The highest BCUT2D eigenvalue weighted by Crippen LogP contribution is 2.40. The van der Waals surface area contributed by atoms with Crippen molar-refractivity contribution in [1.29, 1.82) is 0 Å². The Morgan fingerprint density at radius 2 is 2.19 bits per heavy atom. The molecule has 0 spiro atoms. The van der Waals surface area contributed by atoms with Gasteiger partial charge in [-0.15, -0.1) is 0 Å². The normalized spacial score (nSPS) is 25.4. The number of benzene rings is 1. The summed E-state index contributed by atoms with van der Waals surface area (Å²) in [5, 5.41) is 4.94. The van der Waals surface area contributed by atoms with Crippen molar-refractivity contribution in [2.75, 3.05) is 7.05 Å². The van der Waals surface area contributed by atoms with Gasteiger partial charge in [0.05, 0.1) is 0 Å². The molecule has 0 aliphatic heterocycles. The summed E-state index contributed by atoms with van der Waals surface area (Å²) in [4.78, 5) is 0. The van der Waals surface area contributed by atoms with Gasteiger partial charge in [-0.1, -0.05) is 38.1 Å². The zero-order chi connectivity index (χ0) is 11.5. The van der Waals surface area contributed by atoms with E-state index in [1.165, 1.54) is 24.0 Å². The van der Waals surface area contributed by atoms with Gasteiger partial charge in [-0.3, -0.25) is 0 Å². The minimum absolute atomic E-state index is 0.537. The van der Waals surface area contributed by atoms with E-state index < -0.39 is 0 Å². The second kappa shape index (κ2) is 5.24. The number of fused-ring (bicyclic) bond motifs is 1. The van der Waals surface area contributed by atoms with Crippen LogP contribution in [0.1, 0.15) is 37.4 Å². The molecule has 1 aliphatic rings. The Morgan fingerprint density at radius 3 is 2.88 bits per heavy atom. The maximum absolute atomic E-state index is 3.48. The molecule has 0 radical (unpaired) electrons. The third-order valence-corrected chi connectivity index (χ3v) is 5.06. The lowest BCUT2D eigenvalue weighted by molar-refractivity contribution is 0.601. The standard InChI is InChI=1S/C14H21NS/c1-4-10(2)16-13-9-11-7-5-6-8-12(11)14(13)15-3/h5-8,10,13-15H,4,9H2,1-3H3. The van der Waals surface area contributed by atoms with Gasteiger partial charge in [0.2, 0.25) is 0 Å². The van der Waals surface area contributed by atoms with E-state index in [9.17, 15) is 0 Å². The van der Waals surface area contributed by atoms with Crippen LogP contribution in [0.15, 0.2) is 24.3 Å². The van der Waals surface area contributed by atoms with Crippen LogP contribution in [0, 0.1) is 0 Å². The summed E-state index contributed by atoms with van der Waals surface area (Å²) < 4.78 is 0. The quantitative estimate of drug-likeness (QED) is 0.858. The smallest absolute Gasteiger partial charge is 0.0444 e. The lowest BCUT2D eigenvalue weighted by Crippen LogP contribution is -2.24. The van der Waals surface area contributed by atoms with Crippen LogP contribution in [0.2, 0.25) is 0 Å². The average molecular weight is 235 g/mol. The summed E-state index contributed by atoms with van der Waals surface area (Å²) in [7, 11) is 2.08. The first-order valence-corrected chi connectivity index (χ1v) is 7.11. The van der Waals surface area contributed by atoms with Crippen LogP contribution < -0.4 is 5.32 Å². The minimum Gasteiger partial charge on any atom is -0.312 e. The Labute approximate surface area is 103 Å². The molecule has 1 aromatic carbocycles. The van der Waals surface area contributed by atoms with Gasteiger partial charge in [0.15, 0.2) is 0 Å². The Bertz CT molecular complexity index is 350. The van der Waals surface area contributed by atoms with Gasteiger partial charge in [-0.2, -0.15) is 11.8 Å². The molecule has 3 atom stereocenters. The van der Waals surface area contributed by atoms with Crippen molar-refractivity contribution in [2.24, 2.45) is 0 Å². The number of hydrogen-bond donors (Lipinski definition) is 1. The lowest BCUT2D eigenvalue weighted by Gasteiger charge is -2.22. The Morgan fingerprint density at radius 1 is 1.44 bits per heavy atom. The van der Waals surface area contributed by atoms with Gasteiger partial charge in [0.25, 0.3) is 0 Å². The van der Waals surface area contributed by atoms with E-state index in [1.54, 1.807) is 0 Å². The number of hydrogen-bond acceptors (Lipinski definition) is 2. The molecule has 16 heavy (non-hydrogen) atoms. The van der Waals surface area contributed by atoms with Gasteiger partial charge < -0.3 is 5.32 Å². The predicted molar refractivity (Wildman–Crippen MR) is 73.1 cm³/mol. The van der Waals surface area contributed by atoms with Crippen LogP contribution in [0.4, 0.5) is 0 Å². The molecule has 1 N–H and O–H groups in total. The molecule has 0 saturated heterocycles. The fraction of sp³-hybridized carbons (Fsp3) is 0.571. The molecule has 0 aromatic heterocycles. The highest BCUT2D eigenvalue weighted by atomic mass is 32.2. The molecule has 1 nitrogen and oxygen atoms in total. The SMILES string of the molecule is CCC(C)SC1Cc2ccccc2C1NC. The van der Waals surface area contributed by atoms with Crippen molar-refractivity contribution in [3.8, 4) is 0 Å². The van der Waals surface area contributed by atoms with Gasteiger partial charge in [-0.25, -0.2) is 0 Å². The van der Waals surface area contributed by atoms with Crippen LogP contribution in [-0.2, 0) is 6.42 Å². The van der Waals surface area contributed by atoms with Gasteiger partial charge in [0, 0.05) is 16.5 Å². The number of thioether (sulfide) groups is 1. The van der Waals surface area contributed by atoms with Crippen LogP contribution >= 0.6 is 11.8 Å². The molecule has 0 bridgehead atoms. The first kappa shape index (κ1) is 12.0. The van der Waals surface area contributed by atoms with Crippen molar-refractivity contribution < 1.29 is 0 Å². The maximum Gasteiger partial charge on any atom is 0.0444 e. The Balaban J connectivity index is 2.14. The van der Waals surface area contributed by atoms with E-state index in [-0.39, 0.29) is 0 Å². The second-order valence-corrected chi connectivity index (χ2v) is 6.25. The van der Waals surface area contributed by atoms with E-state index in [4.69, 9.17) is 0 Å². The molecule has 3 unspecified atom stereocenters. The first-order chi connectivity index (χ1) is 7.76. The lowest BCUT2D eigenvalue weighted by atomic mass is 10.1. The second-order valence-electron chi connectivity index (χ2n) is 4.56. The zero-order valence-corrected chi connectivity index (χ0v) is 11.2. The zero-order valence-electron chi connectivity index (χ0n) is 10.4. The van der Waals surface area contributed by atoms with Crippen LogP contribution in [0.3, 0.4) is 0 Å². The van der Waals surface area contributed by atoms with Gasteiger partial charge in [0.1, 0.15) is 0 Å². The van der Waals surface area contributed by atoms with E-state index >= 15 is 0 Å². The van der Waals surface area contributed by atoms with Crippen molar-refractivity contribution in [3.63, 3.8) is 0 Å². The Kier molecular flexibility index (Phi) is 3.93. The highest BCUT2D eigenvalue weighted by Gasteiger charge is 2.32. The fourth-order valence-corrected chi connectivity index (χ4v) is 3.93. The first-order valence-electron chi connectivity index (χ1n) is 6.16. The summed E-state index contributed by atoms with van der Waals surface area (Å²) in [5.74, 6) is 0. The molecule has 0 amide bonds. The summed E-state index contributed by atoms with van der Waals surface area (Å²) in [6.45, 7) is 4.61. The maximum atomic E-state index is 3.48. The monoisotopic (exact) mass is 235 g/mol. The molecule has 2 heteroatoms. The van der Waals surface area contributed by atoms with Gasteiger partial charge >= 0.3 is 0 Å². The molecular weight excluding hydrogens is 214 g/mol. The molecule has 0 heterocycles. The van der Waals surface area contributed by atoms with E-state index in [1.807, 2.05) is 0 Å². The molecule has 0 saturated carbocycles. The van der Waals surface area contributed by atoms with Crippen molar-refractivity contribution in [1.82, 2.24) is 5.32 Å². The summed E-state index contributed by atoms with van der Waals surface area (Å²) >= 11 is 2.13. The molecule has 0 fully saturated rings. The third-order valence-electron chi connectivity index (χ3n) is 3.48. The summed E-state index contributed by atoms with van der Waals surface area (Å²) in [6, 6.07) is 9.39. The molecular formula is C14H21NS. The third kappa shape index (κ3) is 2.28.